The second-order valence-corrected chi connectivity index (χ2v) is 7.91. The molecule has 0 bridgehead atoms. The van der Waals surface area contributed by atoms with Gasteiger partial charge in [0.05, 0.1) is 6.42 Å². The van der Waals surface area contributed by atoms with Gasteiger partial charge in [-0.1, -0.05) is 42.5 Å². The van der Waals surface area contributed by atoms with Gasteiger partial charge in [-0.05, 0) is 17.7 Å². The predicted octanol–water partition coefficient (Wildman–Crippen LogP) is 3.47. The lowest BCUT2D eigenvalue weighted by Gasteiger charge is -2.26. The van der Waals surface area contributed by atoms with Crippen molar-refractivity contribution in [3.8, 4) is 28.6 Å². The Bertz CT molecular complexity index is 1490. The number of rotatable bonds is 5. The first kappa shape index (κ1) is 21.3. The van der Waals surface area contributed by atoms with Crippen LogP contribution in [0, 0.1) is 0 Å². The van der Waals surface area contributed by atoms with Gasteiger partial charge in [0.1, 0.15) is 34.0 Å². The largest absolute Gasteiger partial charge is 0.507 e. The molecule has 8 heteroatoms. The molecule has 1 atom stereocenters. The predicted molar refractivity (Wildman–Crippen MR) is 123 cm³/mol. The number of fused-ring (bicyclic) bond motifs is 3. The van der Waals surface area contributed by atoms with Crippen LogP contribution in [0.2, 0.25) is 0 Å². The number of hydrogen-bond acceptors (Lipinski definition) is 7. The van der Waals surface area contributed by atoms with Gasteiger partial charge in [-0.3, -0.25) is 14.4 Å². The first-order valence-corrected chi connectivity index (χ1v) is 10.5. The molecule has 0 saturated carbocycles. The van der Waals surface area contributed by atoms with Gasteiger partial charge < -0.3 is 24.7 Å². The molecule has 3 N–H and O–H groups in total. The molecule has 4 aromatic rings. The maximum atomic E-state index is 13.0. The minimum atomic E-state index is -0.617. The first-order chi connectivity index (χ1) is 16.4. The molecule has 0 saturated heterocycles. The molecule has 1 aliphatic heterocycles. The highest BCUT2D eigenvalue weighted by molar-refractivity contribution is 5.93. The smallest absolute Gasteiger partial charge is 0.312 e. The van der Waals surface area contributed by atoms with Gasteiger partial charge in [-0.2, -0.15) is 0 Å². The third-order valence-corrected chi connectivity index (χ3v) is 5.62. The van der Waals surface area contributed by atoms with Crippen molar-refractivity contribution < 1.29 is 28.6 Å². The highest BCUT2D eigenvalue weighted by Gasteiger charge is 2.33. The van der Waals surface area contributed by atoms with E-state index in [4.69, 9.17) is 19.6 Å². The molecule has 1 aliphatic rings. The average molecular weight is 457 g/mol. The third-order valence-electron chi connectivity index (χ3n) is 5.62. The van der Waals surface area contributed by atoms with Gasteiger partial charge in [0.15, 0.2) is 12.0 Å². The number of phenols is 1. The van der Waals surface area contributed by atoms with Crippen molar-refractivity contribution in [3.63, 3.8) is 0 Å². The minimum Gasteiger partial charge on any atom is -0.507 e. The molecular weight excluding hydrogens is 438 g/mol. The van der Waals surface area contributed by atoms with Gasteiger partial charge in [-0.25, -0.2) is 0 Å². The van der Waals surface area contributed by atoms with Gasteiger partial charge in [0.2, 0.25) is 0 Å². The molecule has 0 aliphatic carbocycles. The molecule has 5 rings (SSSR count). The molecule has 0 unspecified atom stereocenters. The maximum absolute atomic E-state index is 13.0. The van der Waals surface area contributed by atoms with E-state index in [1.165, 1.54) is 12.1 Å². The Kier molecular flexibility index (Phi) is 5.25. The standard InChI is InChI=1S/C26H19NO7/c27-22(30)13-32-16-8-4-7-15(9-16)17-10-23(31)33-21-12-19(29)25-18(28)11-20(34-26(25)24(17)21)14-5-2-1-3-6-14/h1-9,11-12,17,29H,10,13H2,(H2,27,30)/t17-/m1/s1. The normalized spacial score (nSPS) is 14.9. The number of aromatic hydroxyl groups is 1. The Morgan fingerprint density at radius 2 is 1.85 bits per heavy atom. The lowest BCUT2D eigenvalue weighted by Crippen LogP contribution is -2.22. The van der Waals surface area contributed by atoms with Crippen molar-refractivity contribution in [2.45, 2.75) is 12.3 Å². The Balaban J connectivity index is 1.72. The highest BCUT2D eigenvalue weighted by atomic mass is 16.5. The number of benzene rings is 3. The van der Waals surface area contributed by atoms with E-state index in [0.29, 0.717) is 28.2 Å². The van der Waals surface area contributed by atoms with Crippen LogP contribution in [0.5, 0.6) is 17.2 Å². The monoisotopic (exact) mass is 457 g/mol. The number of phenolic OH excluding ortho intramolecular Hbond substituents is 1. The number of primary amides is 1. The quantitative estimate of drug-likeness (QED) is 0.347. The summed E-state index contributed by atoms with van der Waals surface area (Å²) in [4.78, 5) is 36.5. The fourth-order valence-electron chi connectivity index (χ4n) is 4.16. The zero-order valence-corrected chi connectivity index (χ0v) is 17.8. The van der Waals surface area contributed by atoms with Crippen LogP contribution in [0.25, 0.3) is 22.3 Å². The number of hydrogen-bond donors (Lipinski definition) is 2. The summed E-state index contributed by atoms with van der Waals surface area (Å²) in [5, 5.41) is 10.6. The summed E-state index contributed by atoms with van der Waals surface area (Å²) in [6.07, 6.45) is -0.0224. The van der Waals surface area contributed by atoms with E-state index in [9.17, 15) is 19.5 Å². The molecule has 0 fully saturated rings. The molecule has 0 spiro atoms. The SMILES string of the molecule is NC(=O)COc1cccc([C@H]2CC(=O)Oc3cc(O)c4c(=O)cc(-c5ccccc5)oc4c32)c1. The summed E-state index contributed by atoms with van der Waals surface area (Å²) in [6.45, 7) is -0.293. The topological polar surface area (TPSA) is 129 Å². The fraction of sp³-hybridized carbons (Fsp3) is 0.115. The van der Waals surface area contributed by atoms with Crippen molar-refractivity contribution in [2.24, 2.45) is 5.73 Å². The van der Waals surface area contributed by atoms with Crippen molar-refractivity contribution in [1.29, 1.82) is 0 Å². The van der Waals surface area contributed by atoms with Crippen molar-refractivity contribution in [3.05, 3.63) is 88.1 Å². The fourth-order valence-corrected chi connectivity index (χ4v) is 4.16. The van der Waals surface area contributed by atoms with Crippen LogP contribution < -0.4 is 20.6 Å². The van der Waals surface area contributed by atoms with Crippen LogP contribution in [0.3, 0.4) is 0 Å². The second kappa shape index (κ2) is 8.40. The summed E-state index contributed by atoms with van der Waals surface area (Å²) in [5.74, 6) is -1.18. The molecule has 1 aromatic heterocycles. The molecule has 3 aromatic carbocycles. The lowest BCUT2D eigenvalue weighted by molar-refractivity contribution is -0.135. The number of esters is 1. The summed E-state index contributed by atoms with van der Waals surface area (Å²) in [5.41, 5.74) is 6.72. The van der Waals surface area contributed by atoms with E-state index in [1.807, 2.05) is 18.2 Å². The maximum Gasteiger partial charge on any atom is 0.312 e. The van der Waals surface area contributed by atoms with E-state index < -0.39 is 23.2 Å². The average Bonchev–Trinajstić information content (AvgIpc) is 2.82. The zero-order valence-electron chi connectivity index (χ0n) is 17.8. The molecule has 2 heterocycles. The van der Waals surface area contributed by atoms with Gasteiger partial charge in [-0.15, -0.1) is 0 Å². The molecule has 0 radical (unpaired) electrons. The molecular formula is C26H19NO7. The van der Waals surface area contributed by atoms with Gasteiger partial charge in [0.25, 0.3) is 5.91 Å². The molecule has 34 heavy (non-hydrogen) atoms. The van der Waals surface area contributed by atoms with Crippen LogP contribution in [0.1, 0.15) is 23.5 Å². The molecule has 1 amide bonds. The second-order valence-electron chi connectivity index (χ2n) is 7.91. The van der Waals surface area contributed by atoms with Crippen LogP contribution in [0.15, 0.2) is 75.9 Å². The van der Waals surface area contributed by atoms with E-state index in [-0.39, 0.29) is 35.5 Å². The lowest BCUT2D eigenvalue weighted by atomic mass is 9.85. The summed E-state index contributed by atoms with van der Waals surface area (Å²) in [7, 11) is 0. The Labute approximate surface area is 193 Å². The van der Waals surface area contributed by atoms with Crippen LogP contribution in [-0.2, 0) is 9.59 Å². The summed E-state index contributed by atoms with van der Waals surface area (Å²) >= 11 is 0. The molecule has 170 valence electrons. The van der Waals surface area contributed by atoms with E-state index in [2.05, 4.69) is 0 Å². The minimum absolute atomic E-state index is 0.00233. The van der Waals surface area contributed by atoms with E-state index in [1.54, 1.807) is 36.4 Å². The van der Waals surface area contributed by atoms with Crippen molar-refractivity contribution in [2.75, 3.05) is 6.61 Å². The molecule has 8 nitrogen and oxygen atoms in total. The van der Waals surface area contributed by atoms with Crippen molar-refractivity contribution >= 4 is 22.8 Å². The number of amides is 1. The van der Waals surface area contributed by atoms with Crippen molar-refractivity contribution in [1.82, 2.24) is 0 Å². The Morgan fingerprint density at radius 3 is 2.62 bits per heavy atom. The number of carbonyl (C=O) groups is 2. The third kappa shape index (κ3) is 3.86. The van der Waals surface area contributed by atoms with Gasteiger partial charge in [0, 0.05) is 29.2 Å². The summed E-state index contributed by atoms with van der Waals surface area (Å²) < 4.78 is 17.0. The number of ether oxygens (including phenoxy) is 2. The number of nitrogens with two attached hydrogens (primary N) is 1. The van der Waals surface area contributed by atoms with E-state index in [0.717, 1.165) is 0 Å². The van der Waals surface area contributed by atoms with Gasteiger partial charge >= 0.3 is 5.97 Å². The number of carbonyl (C=O) groups excluding carboxylic acids is 2. The van der Waals surface area contributed by atoms with Crippen LogP contribution in [0.4, 0.5) is 0 Å². The van der Waals surface area contributed by atoms with Crippen LogP contribution in [-0.4, -0.2) is 23.6 Å². The Morgan fingerprint density at radius 1 is 1.06 bits per heavy atom. The first-order valence-electron chi connectivity index (χ1n) is 10.5. The van der Waals surface area contributed by atoms with E-state index >= 15 is 0 Å². The Hall–Kier alpha value is -4.59. The highest BCUT2D eigenvalue weighted by Crippen LogP contribution is 2.46. The van der Waals surface area contributed by atoms with Crippen LogP contribution >= 0.6 is 0 Å². The summed E-state index contributed by atoms with van der Waals surface area (Å²) in [6, 6.07) is 18.5. The zero-order chi connectivity index (χ0) is 23.8.